The molecule has 2 aromatic rings. The van der Waals surface area contributed by atoms with Gasteiger partial charge in [-0.3, -0.25) is 0 Å². The molecular formula is C19H24N4O3. The van der Waals surface area contributed by atoms with Crippen LogP contribution in [0, 0.1) is 13.8 Å². The number of hydrogen-bond acceptors (Lipinski definition) is 5. The van der Waals surface area contributed by atoms with Crippen molar-refractivity contribution in [2.24, 2.45) is 0 Å². The number of nitrogens with one attached hydrogen (secondary N) is 1. The van der Waals surface area contributed by atoms with Gasteiger partial charge in [-0.25, -0.2) is 9.78 Å². The Kier molecular flexibility index (Phi) is 5.16. The topological polar surface area (TPSA) is 77.9 Å². The molecule has 0 atom stereocenters. The van der Waals surface area contributed by atoms with Crippen LogP contribution < -0.4 is 15.0 Å². The first-order valence-corrected chi connectivity index (χ1v) is 8.60. The van der Waals surface area contributed by atoms with Crippen LogP contribution in [0.5, 0.6) is 11.6 Å². The maximum atomic E-state index is 12.6. The number of pyridine rings is 1. The zero-order valence-corrected chi connectivity index (χ0v) is 15.3. The van der Waals surface area contributed by atoms with Gasteiger partial charge < -0.3 is 25.0 Å². The summed E-state index contributed by atoms with van der Waals surface area (Å²) in [5.74, 6) is 0.664. The monoisotopic (exact) mass is 356 g/mol. The Labute approximate surface area is 153 Å². The zero-order valence-electron chi connectivity index (χ0n) is 15.3. The quantitative estimate of drug-likeness (QED) is 0.884. The number of aromatic hydroxyl groups is 1. The van der Waals surface area contributed by atoms with E-state index in [1.807, 2.05) is 32.0 Å². The molecule has 138 valence electrons. The van der Waals surface area contributed by atoms with E-state index in [-0.39, 0.29) is 11.8 Å². The number of hydrogen-bond donors (Lipinski definition) is 2. The highest BCUT2D eigenvalue weighted by molar-refractivity contribution is 5.91. The molecule has 0 aliphatic carbocycles. The molecule has 1 fully saturated rings. The number of phenolic OH excluding ortho intramolecular Hbond substituents is 1. The van der Waals surface area contributed by atoms with E-state index in [9.17, 15) is 9.90 Å². The van der Waals surface area contributed by atoms with Gasteiger partial charge in [0.1, 0.15) is 11.4 Å². The van der Waals surface area contributed by atoms with Gasteiger partial charge in [-0.15, -0.1) is 0 Å². The molecule has 0 bridgehead atoms. The van der Waals surface area contributed by atoms with Crippen molar-refractivity contribution in [2.45, 2.75) is 13.8 Å². The summed E-state index contributed by atoms with van der Waals surface area (Å²) in [6.07, 6.45) is 0. The summed E-state index contributed by atoms with van der Waals surface area (Å²) in [6, 6.07) is 8.88. The Bertz CT molecular complexity index is 801. The molecule has 3 rings (SSSR count). The van der Waals surface area contributed by atoms with Crippen molar-refractivity contribution < 1.29 is 14.6 Å². The van der Waals surface area contributed by atoms with Crippen molar-refractivity contribution in [3.8, 4) is 11.6 Å². The Hall–Kier alpha value is -2.96. The number of rotatable bonds is 3. The van der Waals surface area contributed by atoms with E-state index in [0.717, 1.165) is 16.9 Å². The number of aryl methyl sites for hydroxylation is 2. The molecule has 2 amide bonds. The first-order chi connectivity index (χ1) is 12.5. The molecular weight excluding hydrogens is 332 g/mol. The van der Waals surface area contributed by atoms with Gasteiger partial charge in [-0.2, -0.15) is 0 Å². The Morgan fingerprint density at radius 1 is 1.19 bits per heavy atom. The third-order valence-electron chi connectivity index (χ3n) is 4.63. The Morgan fingerprint density at radius 2 is 1.92 bits per heavy atom. The molecule has 2 heterocycles. The van der Waals surface area contributed by atoms with Gasteiger partial charge in [0.25, 0.3) is 0 Å². The van der Waals surface area contributed by atoms with Crippen molar-refractivity contribution in [1.82, 2.24) is 9.88 Å². The van der Waals surface area contributed by atoms with Crippen LogP contribution in [-0.2, 0) is 0 Å². The summed E-state index contributed by atoms with van der Waals surface area (Å²) < 4.78 is 5.28. The number of aromatic nitrogens is 1. The number of phenols is 1. The molecule has 26 heavy (non-hydrogen) atoms. The lowest BCUT2D eigenvalue weighted by atomic mass is 10.2. The summed E-state index contributed by atoms with van der Waals surface area (Å²) in [7, 11) is 1.54. The van der Waals surface area contributed by atoms with Crippen LogP contribution in [0.3, 0.4) is 0 Å². The average Bonchev–Trinajstić information content (AvgIpc) is 2.64. The number of carbonyl (C=O) groups is 1. The molecule has 0 spiro atoms. The SMILES string of the molecule is COc1nc(C)c(C)cc1NC(=O)N1CCN(c2cccc(O)c2)CC1. The van der Waals surface area contributed by atoms with Crippen LogP contribution in [0.2, 0.25) is 0 Å². The van der Waals surface area contributed by atoms with Gasteiger partial charge in [-0.05, 0) is 37.6 Å². The van der Waals surface area contributed by atoms with E-state index >= 15 is 0 Å². The highest BCUT2D eigenvalue weighted by atomic mass is 16.5. The number of benzene rings is 1. The number of amides is 2. The summed E-state index contributed by atoms with van der Waals surface area (Å²) >= 11 is 0. The van der Waals surface area contributed by atoms with Crippen LogP contribution in [0.15, 0.2) is 30.3 Å². The van der Waals surface area contributed by atoms with Gasteiger partial charge in [0.05, 0.1) is 7.11 Å². The minimum Gasteiger partial charge on any atom is -0.508 e. The fraction of sp³-hybridized carbons (Fsp3) is 0.368. The molecule has 1 aliphatic rings. The highest BCUT2D eigenvalue weighted by Gasteiger charge is 2.22. The number of anilines is 2. The largest absolute Gasteiger partial charge is 0.508 e. The van der Waals surface area contributed by atoms with Gasteiger partial charge in [0.15, 0.2) is 0 Å². The number of nitrogens with zero attached hydrogens (tertiary/aromatic N) is 3. The first-order valence-electron chi connectivity index (χ1n) is 8.60. The Balaban J connectivity index is 1.63. The first kappa shape index (κ1) is 17.8. The average molecular weight is 356 g/mol. The molecule has 2 N–H and O–H groups in total. The van der Waals surface area contributed by atoms with Crippen molar-refractivity contribution in [1.29, 1.82) is 0 Å². The third kappa shape index (κ3) is 3.82. The molecule has 1 aromatic carbocycles. The van der Waals surface area contributed by atoms with Gasteiger partial charge >= 0.3 is 6.03 Å². The molecule has 1 aliphatic heterocycles. The molecule has 0 saturated carbocycles. The lowest BCUT2D eigenvalue weighted by Crippen LogP contribution is -2.50. The fourth-order valence-corrected chi connectivity index (χ4v) is 2.98. The van der Waals surface area contributed by atoms with Crippen LogP contribution >= 0.6 is 0 Å². The maximum Gasteiger partial charge on any atom is 0.322 e. The minimum absolute atomic E-state index is 0.163. The number of piperazine rings is 1. The lowest BCUT2D eigenvalue weighted by molar-refractivity contribution is 0.208. The zero-order chi connectivity index (χ0) is 18.7. The second-order valence-electron chi connectivity index (χ2n) is 6.37. The third-order valence-corrected chi connectivity index (χ3v) is 4.63. The molecule has 7 heteroatoms. The highest BCUT2D eigenvalue weighted by Crippen LogP contribution is 2.25. The second-order valence-corrected chi connectivity index (χ2v) is 6.37. The number of carbonyl (C=O) groups excluding carboxylic acids is 1. The standard InChI is InChI=1S/C19H24N4O3/c1-13-11-17(18(26-3)20-14(13)2)21-19(25)23-9-7-22(8-10-23)15-5-4-6-16(24)12-15/h4-6,11-12,24H,7-10H2,1-3H3,(H,21,25). The van der Waals surface area contributed by atoms with Crippen molar-refractivity contribution >= 4 is 17.4 Å². The maximum absolute atomic E-state index is 12.6. The van der Waals surface area contributed by atoms with E-state index in [1.165, 1.54) is 0 Å². The smallest absolute Gasteiger partial charge is 0.322 e. The summed E-state index contributed by atoms with van der Waals surface area (Å²) in [4.78, 5) is 20.9. The minimum atomic E-state index is -0.163. The van der Waals surface area contributed by atoms with Gasteiger partial charge in [0.2, 0.25) is 5.88 Å². The molecule has 0 unspecified atom stereocenters. The normalized spacial score (nSPS) is 14.3. The van der Waals surface area contributed by atoms with Crippen LogP contribution in [-0.4, -0.2) is 54.3 Å². The van der Waals surface area contributed by atoms with Crippen molar-refractivity contribution in [2.75, 3.05) is 43.5 Å². The van der Waals surface area contributed by atoms with Crippen molar-refractivity contribution in [3.63, 3.8) is 0 Å². The predicted molar refractivity (Wildman–Crippen MR) is 101 cm³/mol. The van der Waals surface area contributed by atoms with E-state index in [0.29, 0.717) is 37.7 Å². The number of methoxy groups -OCH3 is 1. The lowest BCUT2D eigenvalue weighted by Gasteiger charge is -2.36. The van der Waals surface area contributed by atoms with Crippen molar-refractivity contribution in [3.05, 3.63) is 41.6 Å². The fourth-order valence-electron chi connectivity index (χ4n) is 2.98. The van der Waals surface area contributed by atoms with E-state index < -0.39 is 0 Å². The van der Waals surface area contributed by atoms with E-state index in [2.05, 4.69) is 15.2 Å². The number of urea groups is 1. The summed E-state index contributed by atoms with van der Waals surface area (Å²) in [5, 5.41) is 12.5. The molecule has 0 radical (unpaired) electrons. The van der Waals surface area contributed by atoms with E-state index in [1.54, 1.807) is 24.1 Å². The predicted octanol–water partition coefficient (Wildman–Crippen LogP) is 2.77. The van der Waals surface area contributed by atoms with E-state index in [4.69, 9.17) is 4.74 Å². The van der Waals surface area contributed by atoms with Gasteiger partial charge in [0, 0.05) is 43.6 Å². The second kappa shape index (κ2) is 7.51. The molecule has 1 aromatic heterocycles. The molecule has 7 nitrogen and oxygen atoms in total. The summed E-state index contributed by atoms with van der Waals surface area (Å²) in [6.45, 7) is 6.47. The number of ether oxygens (including phenoxy) is 1. The van der Waals surface area contributed by atoms with Crippen LogP contribution in [0.1, 0.15) is 11.3 Å². The summed E-state index contributed by atoms with van der Waals surface area (Å²) in [5.41, 5.74) is 3.41. The Morgan fingerprint density at radius 3 is 2.58 bits per heavy atom. The van der Waals surface area contributed by atoms with Crippen LogP contribution in [0.4, 0.5) is 16.2 Å². The van der Waals surface area contributed by atoms with Gasteiger partial charge in [-0.1, -0.05) is 6.07 Å². The molecule has 1 saturated heterocycles. The van der Waals surface area contributed by atoms with Crippen LogP contribution in [0.25, 0.3) is 0 Å².